The molecule has 1 aromatic heterocycles. The van der Waals surface area contributed by atoms with Crippen molar-refractivity contribution in [1.82, 2.24) is 9.55 Å². The van der Waals surface area contributed by atoms with Crippen molar-refractivity contribution in [2.75, 3.05) is 5.75 Å². The number of aliphatic hydroxyl groups excluding tert-OH is 1. The zero-order valence-electron chi connectivity index (χ0n) is 12.9. The monoisotopic (exact) mass is 339 g/mol. The number of halogens is 1. The second kappa shape index (κ2) is 6.77. The molecule has 0 aliphatic carbocycles. The number of aromatic nitrogens is 2. The van der Waals surface area contributed by atoms with E-state index in [0.717, 1.165) is 15.9 Å². The maximum absolute atomic E-state index is 12.9. The molecule has 0 atom stereocenters. The van der Waals surface area contributed by atoms with Gasteiger partial charge in [-0.25, -0.2) is 9.37 Å². The average Bonchev–Trinajstić information content (AvgIpc) is 2.92. The van der Waals surface area contributed by atoms with E-state index in [1.54, 1.807) is 16.7 Å². The van der Waals surface area contributed by atoms with Gasteiger partial charge < -0.3 is 9.67 Å². The summed E-state index contributed by atoms with van der Waals surface area (Å²) in [5, 5.41) is 19.8. The van der Waals surface area contributed by atoms with Gasteiger partial charge in [0.15, 0.2) is 5.82 Å². The number of imidazole rings is 1. The Morgan fingerprint density at radius 3 is 2.62 bits per heavy atom. The van der Waals surface area contributed by atoms with Gasteiger partial charge in [0.2, 0.25) is 0 Å². The molecule has 3 aromatic rings. The van der Waals surface area contributed by atoms with Crippen LogP contribution < -0.4 is 0 Å². The Kier molecular flexibility index (Phi) is 4.54. The number of fused-ring (bicyclic) bond motifs is 1. The van der Waals surface area contributed by atoms with Crippen molar-refractivity contribution in [3.63, 3.8) is 0 Å². The predicted octanol–water partition coefficient (Wildman–Crippen LogP) is 4.30. The minimum Gasteiger partial charge on any atom is -0.510 e. The summed E-state index contributed by atoms with van der Waals surface area (Å²) in [4.78, 5) is 5.25. The number of nitriles is 1. The number of benzene rings is 2. The molecule has 24 heavy (non-hydrogen) atoms. The molecule has 0 saturated carbocycles. The van der Waals surface area contributed by atoms with Gasteiger partial charge in [0.05, 0.1) is 16.8 Å². The Balaban J connectivity index is 1.90. The molecule has 4 nitrogen and oxygen atoms in total. The zero-order chi connectivity index (χ0) is 17.1. The summed E-state index contributed by atoms with van der Waals surface area (Å²) in [6.45, 7) is 0. The fourth-order valence-corrected chi connectivity index (χ4v) is 3.14. The molecule has 1 heterocycles. The van der Waals surface area contributed by atoms with Crippen molar-refractivity contribution in [1.29, 1.82) is 5.26 Å². The quantitative estimate of drug-likeness (QED) is 0.437. The van der Waals surface area contributed by atoms with Gasteiger partial charge in [-0.15, -0.1) is 11.8 Å². The van der Waals surface area contributed by atoms with Crippen molar-refractivity contribution in [2.24, 2.45) is 7.05 Å². The summed E-state index contributed by atoms with van der Waals surface area (Å²) < 4.78 is 14.7. The number of thioether (sulfide) groups is 1. The first-order chi connectivity index (χ1) is 11.6. The molecule has 120 valence electrons. The third-order valence-corrected chi connectivity index (χ3v) is 4.62. The summed E-state index contributed by atoms with van der Waals surface area (Å²) >= 11 is 1.33. The SMILES string of the molecule is Cn1c(/C(C#N)=C(\O)CSc2ccc(F)cc2)nc2ccccc21. The van der Waals surface area contributed by atoms with E-state index in [-0.39, 0.29) is 22.9 Å². The molecular formula is C18H14FN3OS. The Labute approximate surface area is 142 Å². The van der Waals surface area contributed by atoms with Gasteiger partial charge in [-0.1, -0.05) is 12.1 Å². The van der Waals surface area contributed by atoms with Gasteiger partial charge in [-0.05, 0) is 36.4 Å². The highest BCUT2D eigenvalue weighted by molar-refractivity contribution is 7.99. The summed E-state index contributed by atoms with van der Waals surface area (Å²) in [5.41, 5.74) is 1.80. The highest BCUT2D eigenvalue weighted by Crippen LogP contribution is 2.26. The Morgan fingerprint density at radius 1 is 1.25 bits per heavy atom. The van der Waals surface area contributed by atoms with Crippen LogP contribution in [0.1, 0.15) is 5.82 Å². The van der Waals surface area contributed by atoms with Crippen LogP contribution in [0, 0.1) is 17.1 Å². The smallest absolute Gasteiger partial charge is 0.155 e. The summed E-state index contributed by atoms with van der Waals surface area (Å²) in [6.07, 6.45) is 0. The van der Waals surface area contributed by atoms with E-state index in [9.17, 15) is 14.8 Å². The van der Waals surface area contributed by atoms with Gasteiger partial charge in [-0.3, -0.25) is 0 Å². The Hall–Kier alpha value is -2.78. The lowest BCUT2D eigenvalue weighted by atomic mass is 10.2. The number of hydrogen-bond acceptors (Lipinski definition) is 4. The number of hydrogen-bond donors (Lipinski definition) is 1. The van der Waals surface area contributed by atoms with Crippen molar-refractivity contribution in [3.8, 4) is 6.07 Å². The molecule has 3 rings (SSSR count). The lowest BCUT2D eigenvalue weighted by Crippen LogP contribution is -2.00. The van der Waals surface area contributed by atoms with E-state index in [0.29, 0.717) is 5.82 Å². The van der Waals surface area contributed by atoms with E-state index < -0.39 is 0 Å². The van der Waals surface area contributed by atoms with Crippen LogP contribution in [-0.4, -0.2) is 20.4 Å². The Bertz CT molecular complexity index is 955. The van der Waals surface area contributed by atoms with E-state index in [1.807, 2.05) is 37.4 Å². The third-order valence-electron chi connectivity index (χ3n) is 3.60. The van der Waals surface area contributed by atoms with Gasteiger partial charge in [-0.2, -0.15) is 5.26 Å². The highest BCUT2D eigenvalue weighted by Gasteiger charge is 2.16. The molecule has 0 unspecified atom stereocenters. The van der Waals surface area contributed by atoms with Crippen molar-refractivity contribution in [3.05, 3.63) is 65.9 Å². The summed E-state index contributed by atoms with van der Waals surface area (Å²) in [5.74, 6) is 0.273. The molecule has 0 aliphatic heterocycles. The number of nitrogens with zero attached hydrogens (tertiary/aromatic N) is 3. The van der Waals surface area contributed by atoms with Crippen LogP contribution in [0.3, 0.4) is 0 Å². The molecule has 2 aromatic carbocycles. The van der Waals surface area contributed by atoms with Crippen LogP contribution >= 0.6 is 11.8 Å². The largest absolute Gasteiger partial charge is 0.510 e. The summed E-state index contributed by atoms with van der Waals surface area (Å²) in [7, 11) is 1.81. The molecule has 0 aliphatic rings. The minimum atomic E-state index is -0.309. The summed E-state index contributed by atoms with van der Waals surface area (Å²) in [6, 6.07) is 15.6. The fraction of sp³-hybridized carbons (Fsp3) is 0.111. The fourth-order valence-electron chi connectivity index (χ4n) is 2.37. The first kappa shape index (κ1) is 16.1. The van der Waals surface area contributed by atoms with Crippen molar-refractivity contribution >= 4 is 28.4 Å². The molecule has 1 N–H and O–H groups in total. The topological polar surface area (TPSA) is 61.8 Å². The normalized spacial score (nSPS) is 12.0. The standard InChI is InChI=1S/C18H14FN3OS/c1-22-16-5-3-2-4-15(16)21-18(22)14(10-20)17(23)11-24-13-8-6-12(19)7-9-13/h2-9,23H,11H2,1H3/b17-14-. The van der Waals surface area contributed by atoms with Crippen LogP contribution in [0.25, 0.3) is 16.6 Å². The van der Waals surface area contributed by atoms with E-state index in [1.165, 1.54) is 23.9 Å². The maximum atomic E-state index is 12.9. The van der Waals surface area contributed by atoms with E-state index in [4.69, 9.17) is 0 Å². The number of aliphatic hydroxyl groups is 1. The first-order valence-corrected chi connectivity index (χ1v) is 8.21. The van der Waals surface area contributed by atoms with Gasteiger partial charge in [0.1, 0.15) is 23.2 Å². The predicted molar refractivity (Wildman–Crippen MR) is 93.0 cm³/mol. The third kappa shape index (κ3) is 3.12. The maximum Gasteiger partial charge on any atom is 0.155 e. The molecule has 0 radical (unpaired) electrons. The van der Waals surface area contributed by atoms with Gasteiger partial charge in [0.25, 0.3) is 0 Å². The van der Waals surface area contributed by atoms with Crippen LogP contribution in [-0.2, 0) is 7.05 Å². The molecule has 0 amide bonds. The molecule has 0 bridgehead atoms. The molecule has 0 fully saturated rings. The highest BCUT2D eigenvalue weighted by atomic mass is 32.2. The van der Waals surface area contributed by atoms with Gasteiger partial charge in [0, 0.05) is 11.9 Å². The first-order valence-electron chi connectivity index (χ1n) is 7.22. The lowest BCUT2D eigenvalue weighted by molar-refractivity contribution is 0.420. The number of para-hydroxylation sites is 2. The van der Waals surface area contributed by atoms with Crippen LogP contribution in [0.2, 0.25) is 0 Å². The second-order valence-corrected chi connectivity index (χ2v) is 6.21. The Morgan fingerprint density at radius 2 is 1.96 bits per heavy atom. The minimum absolute atomic E-state index is 0.0507. The van der Waals surface area contributed by atoms with E-state index >= 15 is 0 Å². The molecule has 6 heteroatoms. The van der Waals surface area contributed by atoms with Crippen LogP contribution in [0.5, 0.6) is 0 Å². The lowest BCUT2D eigenvalue weighted by Gasteiger charge is -2.05. The number of rotatable bonds is 4. The van der Waals surface area contributed by atoms with Crippen molar-refractivity contribution < 1.29 is 9.50 Å². The number of allylic oxidation sites excluding steroid dienone is 1. The number of aryl methyl sites for hydroxylation is 1. The average molecular weight is 339 g/mol. The van der Waals surface area contributed by atoms with Crippen LogP contribution in [0.15, 0.2) is 59.2 Å². The van der Waals surface area contributed by atoms with Crippen molar-refractivity contribution in [2.45, 2.75) is 4.90 Å². The molecular weight excluding hydrogens is 325 g/mol. The van der Waals surface area contributed by atoms with E-state index in [2.05, 4.69) is 4.98 Å². The second-order valence-electron chi connectivity index (χ2n) is 5.16. The van der Waals surface area contributed by atoms with Crippen LogP contribution in [0.4, 0.5) is 4.39 Å². The molecule has 0 spiro atoms. The zero-order valence-corrected chi connectivity index (χ0v) is 13.7. The van der Waals surface area contributed by atoms with Gasteiger partial charge >= 0.3 is 0 Å². The molecule has 0 saturated heterocycles.